The van der Waals surface area contributed by atoms with Crippen molar-refractivity contribution in [1.82, 2.24) is 9.97 Å². The van der Waals surface area contributed by atoms with Crippen LogP contribution in [0.15, 0.2) is 36.5 Å². The number of nitrogens with one attached hydrogen (secondary N) is 1. The number of carbonyl (C=O) groups is 1. The Labute approximate surface area is 139 Å². The molecule has 8 heteroatoms. The van der Waals surface area contributed by atoms with Crippen LogP contribution in [0.1, 0.15) is 15.4 Å². The van der Waals surface area contributed by atoms with E-state index < -0.39 is 29.0 Å². The molecule has 0 unspecified atom stereocenters. The molecule has 2 aromatic heterocycles. The number of rotatable bonds is 3. The van der Waals surface area contributed by atoms with E-state index in [4.69, 9.17) is 0 Å². The van der Waals surface area contributed by atoms with Gasteiger partial charge in [-0.05, 0) is 31.2 Å². The summed E-state index contributed by atoms with van der Waals surface area (Å²) in [4.78, 5) is 20.9. The maximum absolute atomic E-state index is 13.7. The first-order valence-electron chi connectivity index (χ1n) is 6.81. The predicted molar refractivity (Wildman–Crippen MR) is 84.4 cm³/mol. The third-order valence-electron chi connectivity index (χ3n) is 3.17. The summed E-state index contributed by atoms with van der Waals surface area (Å²) in [6.07, 6.45) is 1.60. The van der Waals surface area contributed by atoms with Gasteiger partial charge in [0, 0.05) is 6.20 Å². The van der Waals surface area contributed by atoms with Gasteiger partial charge in [-0.2, -0.15) is 0 Å². The van der Waals surface area contributed by atoms with Crippen LogP contribution in [0.3, 0.4) is 0 Å². The minimum absolute atomic E-state index is 0.236. The number of carbonyl (C=O) groups excluding carboxylic acids is 1. The molecule has 0 atom stereocenters. The maximum Gasteiger partial charge on any atom is 0.267 e. The molecule has 0 fully saturated rings. The van der Waals surface area contributed by atoms with Gasteiger partial charge in [0.25, 0.3) is 5.91 Å². The van der Waals surface area contributed by atoms with Gasteiger partial charge in [-0.1, -0.05) is 6.07 Å². The van der Waals surface area contributed by atoms with Crippen LogP contribution in [0.5, 0.6) is 0 Å². The standard InChI is InChI=1S/C16H10F3N3OS/c1-8-14(24-16(21-8)11-4-2-3-7-20-11)15(23)22-10-6-5-9(17)12(18)13(10)19/h2-7H,1H3,(H,22,23). The monoisotopic (exact) mass is 349 g/mol. The number of thiazole rings is 1. The van der Waals surface area contributed by atoms with E-state index in [0.717, 1.165) is 23.5 Å². The average Bonchev–Trinajstić information content (AvgIpc) is 2.98. The first-order chi connectivity index (χ1) is 11.5. The number of anilines is 1. The van der Waals surface area contributed by atoms with E-state index in [1.165, 1.54) is 0 Å². The summed E-state index contributed by atoms with van der Waals surface area (Å²) >= 11 is 1.08. The largest absolute Gasteiger partial charge is 0.319 e. The molecule has 0 aliphatic heterocycles. The Balaban J connectivity index is 1.89. The number of amides is 1. The highest BCUT2D eigenvalue weighted by Crippen LogP contribution is 2.28. The summed E-state index contributed by atoms with van der Waals surface area (Å²) < 4.78 is 39.8. The fourth-order valence-electron chi connectivity index (χ4n) is 2.01. The number of hydrogen-bond acceptors (Lipinski definition) is 4. The second-order valence-electron chi connectivity index (χ2n) is 4.83. The Morgan fingerprint density at radius 3 is 2.62 bits per heavy atom. The summed E-state index contributed by atoms with van der Waals surface area (Å²) in [5.74, 6) is -5.06. The SMILES string of the molecule is Cc1nc(-c2ccccn2)sc1C(=O)Nc1ccc(F)c(F)c1F. The molecule has 0 bridgehead atoms. The van der Waals surface area contributed by atoms with E-state index in [2.05, 4.69) is 15.3 Å². The lowest BCUT2D eigenvalue weighted by Gasteiger charge is -2.06. The lowest BCUT2D eigenvalue weighted by Crippen LogP contribution is -2.13. The highest BCUT2D eigenvalue weighted by Gasteiger charge is 2.20. The van der Waals surface area contributed by atoms with Gasteiger partial charge in [0.2, 0.25) is 0 Å². The summed E-state index contributed by atoms with van der Waals surface area (Å²) in [7, 11) is 0. The highest BCUT2D eigenvalue weighted by molar-refractivity contribution is 7.17. The van der Waals surface area contributed by atoms with Crippen LogP contribution in [-0.4, -0.2) is 15.9 Å². The minimum atomic E-state index is -1.64. The average molecular weight is 349 g/mol. The molecule has 3 aromatic rings. The van der Waals surface area contributed by atoms with E-state index in [-0.39, 0.29) is 4.88 Å². The molecular weight excluding hydrogens is 339 g/mol. The van der Waals surface area contributed by atoms with Crippen molar-refractivity contribution in [3.05, 3.63) is 64.6 Å². The van der Waals surface area contributed by atoms with Crippen LogP contribution in [-0.2, 0) is 0 Å². The van der Waals surface area contributed by atoms with Crippen molar-refractivity contribution in [3.63, 3.8) is 0 Å². The van der Waals surface area contributed by atoms with E-state index in [9.17, 15) is 18.0 Å². The third kappa shape index (κ3) is 3.00. The van der Waals surface area contributed by atoms with Crippen LogP contribution in [0.25, 0.3) is 10.7 Å². The zero-order chi connectivity index (χ0) is 17.3. The minimum Gasteiger partial charge on any atom is -0.319 e. The molecule has 2 heterocycles. The topological polar surface area (TPSA) is 54.9 Å². The van der Waals surface area contributed by atoms with Crippen molar-refractivity contribution < 1.29 is 18.0 Å². The molecule has 1 N–H and O–H groups in total. The first kappa shape index (κ1) is 16.1. The van der Waals surface area contributed by atoms with Crippen LogP contribution in [0, 0.1) is 24.4 Å². The van der Waals surface area contributed by atoms with Gasteiger partial charge in [-0.3, -0.25) is 9.78 Å². The molecule has 1 aromatic carbocycles. The van der Waals surface area contributed by atoms with Gasteiger partial charge in [0.1, 0.15) is 9.88 Å². The molecule has 3 rings (SSSR count). The predicted octanol–water partition coefficient (Wildman–Crippen LogP) is 4.18. The van der Waals surface area contributed by atoms with Crippen LogP contribution in [0.4, 0.5) is 18.9 Å². The second kappa shape index (κ2) is 6.40. The van der Waals surface area contributed by atoms with Crippen LogP contribution < -0.4 is 5.32 Å². The molecule has 0 saturated carbocycles. The molecular formula is C16H10F3N3OS. The lowest BCUT2D eigenvalue weighted by atomic mass is 10.2. The van der Waals surface area contributed by atoms with Gasteiger partial charge in [0.15, 0.2) is 17.5 Å². The Hall–Kier alpha value is -2.74. The third-order valence-corrected chi connectivity index (χ3v) is 4.35. The molecule has 0 radical (unpaired) electrons. The number of pyridine rings is 1. The van der Waals surface area contributed by atoms with Gasteiger partial charge in [-0.25, -0.2) is 18.2 Å². The quantitative estimate of drug-likeness (QED) is 0.722. The summed E-state index contributed by atoms with van der Waals surface area (Å²) in [5.41, 5.74) is 0.593. The molecule has 0 aliphatic rings. The van der Waals surface area contributed by atoms with Crippen molar-refractivity contribution >= 4 is 22.9 Å². The fourth-order valence-corrected chi connectivity index (χ4v) is 2.95. The number of aromatic nitrogens is 2. The van der Waals surface area contributed by atoms with Crippen molar-refractivity contribution in [2.45, 2.75) is 6.92 Å². The van der Waals surface area contributed by atoms with Crippen molar-refractivity contribution in [2.75, 3.05) is 5.32 Å². The molecule has 0 saturated heterocycles. The zero-order valence-electron chi connectivity index (χ0n) is 12.3. The first-order valence-corrected chi connectivity index (χ1v) is 7.62. The van der Waals surface area contributed by atoms with Gasteiger partial charge in [0.05, 0.1) is 17.1 Å². The molecule has 24 heavy (non-hydrogen) atoms. The van der Waals surface area contributed by atoms with Gasteiger partial charge < -0.3 is 5.32 Å². The smallest absolute Gasteiger partial charge is 0.267 e. The second-order valence-corrected chi connectivity index (χ2v) is 5.82. The number of hydrogen-bond donors (Lipinski definition) is 1. The van der Waals surface area contributed by atoms with Crippen molar-refractivity contribution in [3.8, 4) is 10.7 Å². The molecule has 0 spiro atoms. The van der Waals surface area contributed by atoms with Gasteiger partial charge in [-0.15, -0.1) is 11.3 Å². The Morgan fingerprint density at radius 1 is 1.12 bits per heavy atom. The zero-order valence-corrected chi connectivity index (χ0v) is 13.1. The summed E-state index contributed by atoms with van der Waals surface area (Å²) in [6.45, 7) is 1.62. The van der Waals surface area contributed by atoms with Crippen LogP contribution in [0.2, 0.25) is 0 Å². The molecule has 122 valence electrons. The maximum atomic E-state index is 13.7. The normalized spacial score (nSPS) is 10.7. The number of benzene rings is 1. The fraction of sp³-hybridized carbons (Fsp3) is 0.0625. The van der Waals surface area contributed by atoms with E-state index in [1.54, 1.807) is 31.3 Å². The highest BCUT2D eigenvalue weighted by atomic mass is 32.1. The Morgan fingerprint density at radius 2 is 1.92 bits per heavy atom. The van der Waals surface area contributed by atoms with E-state index >= 15 is 0 Å². The van der Waals surface area contributed by atoms with E-state index in [1.807, 2.05) is 0 Å². The number of aryl methyl sites for hydroxylation is 1. The summed E-state index contributed by atoms with van der Waals surface area (Å²) in [5, 5.41) is 2.76. The van der Waals surface area contributed by atoms with E-state index in [0.29, 0.717) is 16.4 Å². The van der Waals surface area contributed by atoms with Crippen molar-refractivity contribution in [1.29, 1.82) is 0 Å². The molecule has 4 nitrogen and oxygen atoms in total. The molecule has 0 aliphatic carbocycles. The number of nitrogens with zero attached hydrogens (tertiary/aromatic N) is 2. The molecule has 1 amide bonds. The van der Waals surface area contributed by atoms with Crippen molar-refractivity contribution in [2.24, 2.45) is 0 Å². The lowest BCUT2D eigenvalue weighted by molar-refractivity contribution is 0.102. The van der Waals surface area contributed by atoms with Crippen LogP contribution >= 0.6 is 11.3 Å². The van der Waals surface area contributed by atoms with Gasteiger partial charge >= 0.3 is 0 Å². The summed E-state index contributed by atoms with van der Waals surface area (Å²) in [6, 6.07) is 6.99. The number of halogens is 3. The Bertz CT molecular complexity index is 912. The Kier molecular flexibility index (Phi) is 4.30.